The van der Waals surface area contributed by atoms with Crippen molar-refractivity contribution in [3.63, 3.8) is 0 Å². The molecule has 1 N–H and O–H groups in total. The summed E-state index contributed by atoms with van der Waals surface area (Å²) >= 11 is 0. The van der Waals surface area contributed by atoms with Crippen molar-refractivity contribution in [2.24, 2.45) is 5.41 Å². The maximum Gasteiger partial charge on any atom is 0.471 e. The molecule has 1 unspecified atom stereocenters. The average Bonchev–Trinajstić information content (AvgIpc) is 2.27. The largest absolute Gasteiger partial charge is 0.481 e. The zero-order valence-corrected chi connectivity index (χ0v) is 10.1. The van der Waals surface area contributed by atoms with Crippen molar-refractivity contribution >= 4 is 11.9 Å². The second kappa shape index (κ2) is 5.16. The summed E-state index contributed by atoms with van der Waals surface area (Å²) in [7, 11) is 0. The molecule has 104 valence electrons. The number of aliphatic carboxylic acids is 1. The highest BCUT2D eigenvalue weighted by Crippen LogP contribution is 2.36. The van der Waals surface area contributed by atoms with E-state index in [1.807, 2.05) is 0 Å². The van der Waals surface area contributed by atoms with Gasteiger partial charge in [-0.05, 0) is 19.3 Å². The number of likely N-dealkylation sites (tertiary alicyclic amines) is 1. The normalized spacial score (nSPS) is 25.0. The van der Waals surface area contributed by atoms with E-state index in [4.69, 9.17) is 0 Å². The maximum atomic E-state index is 12.3. The first-order chi connectivity index (χ1) is 8.23. The summed E-state index contributed by atoms with van der Waals surface area (Å²) in [5, 5.41) is 9.20. The fourth-order valence-corrected chi connectivity index (χ4v) is 2.45. The quantitative estimate of drug-likeness (QED) is 0.851. The van der Waals surface area contributed by atoms with E-state index in [1.54, 1.807) is 6.92 Å². The number of carbonyl (C=O) groups excluding carboxylic acids is 1. The second-order valence-corrected chi connectivity index (χ2v) is 4.66. The summed E-state index contributed by atoms with van der Waals surface area (Å²) in [4.78, 5) is 23.0. The number of amides is 1. The van der Waals surface area contributed by atoms with Gasteiger partial charge in [-0.1, -0.05) is 13.3 Å². The number of piperidine rings is 1. The minimum Gasteiger partial charge on any atom is -0.481 e. The highest BCUT2D eigenvalue weighted by atomic mass is 19.4. The number of halogens is 3. The van der Waals surface area contributed by atoms with Crippen LogP contribution in [0.5, 0.6) is 0 Å². The molecular formula is C11H16F3NO3. The van der Waals surface area contributed by atoms with Gasteiger partial charge >= 0.3 is 18.1 Å². The van der Waals surface area contributed by atoms with Gasteiger partial charge in [0, 0.05) is 13.1 Å². The molecule has 1 atom stereocenters. The van der Waals surface area contributed by atoms with Crippen molar-refractivity contribution in [3.8, 4) is 0 Å². The Kier molecular flexibility index (Phi) is 4.24. The number of nitrogens with zero attached hydrogens (tertiary/aromatic N) is 1. The molecule has 1 aliphatic rings. The molecule has 0 aromatic carbocycles. The zero-order chi connectivity index (χ0) is 14.0. The third kappa shape index (κ3) is 2.94. The van der Waals surface area contributed by atoms with E-state index in [-0.39, 0.29) is 25.9 Å². The first kappa shape index (κ1) is 14.8. The van der Waals surface area contributed by atoms with Crippen molar-refractivity contribution < 1.29 is 27.9 Å². The molecule has 1 heterocycles. The smallest absolute Gasteiger partial charge is 0.471 e. The van der Waals surface area contributed by atoms with E-state index < -0.39 is 23.5 Å². The van der Waals surface area contributed by atoms with Gasteiger partial charge in [0.1, 0.15) is 0 Å². The van der Waals surface area contributed by atoms with Crippen molar-refractivity contribution in [1.82, 2.24) is 4.90 Å². The van der Waals surface area contributed by atoms with E-state index in [1.165, 1.54) is 0 Å². The van der Waals surface area contributed by atoms with Gasteiger partial charge in [0.05, 0.1) is 5.41 Å². The molecular weight excluding hydrogens is 251 g/mol. The first-order valence-electron chi connectivity index (χ1n) is 5.82. The number of hydrogen-bond donors (Lipinski definition) is 1. The van der Waals surface area contributed by atoms with Gasteiger partial charge in [-0.25, -0.2) is 0 Å². The fourth-order valence-electron chi connectivity index (χ4n) is 2.45. The van der Waals surface area contributed by atoms with E-state index >= 15 is 0 Å². The summed E-state index contributed by atoms with van der Waals surface area (Å²) in [5.41, 5.74) is -1.23. The van der Waals surface area contributed by atoms with Crippen molar-refractivity contribution in [3.05, 3.63) is 0 Å². The predicted molar refractivity (Wildman–Crippen MR) is 56.8 cm³/mol. The lowest BCUT2D eigenvalue weighted by atomic mass is 9.76. The number of rotatable bonds is 3. The SMILES string of the molecule is CCCC1(C(=O)O)CCCN(C(=O)C(F)(F)F)C1. The third-order valence-electron chi connectivity index (χ3n) is 3.29. The number of carboxylic acids is 1. The van der Waals surface area contributed by atoms with E-state index in [9.17, 15) is 27.9 Å². The van der Waals surface area contributed by atoms with Crippen LogP contribution in [0.4, 0.5) is 13.2 Å². The summed E-state index contributed by atoms with van der Waals surface area (Å²) in [6.07, 6.45) is -3.50. The Morgan fingerprint density at radius 3 is 2.44 bits per heavy atom. The molecule has 0 spiro atoms. The van der Waals surface area contributed by atoms with Crippen LogP contribution < -0.4 is 0 Å². The lowest BCUT2D eigenvalue weighted by molar-refractivity contribution is -0.190. The molecule has 1 aliphatic heterocycles. The highest BCUT2D eigenvalue weighted by molar-refractivity contribution is 5.83. The predicted octanol–water partition coefficient (Wildman–Crippen LogP) is 2.04. The highest BCUT2D eigenvalue weighted by Gasteiger charge is 2.49. The summed E-state index contributed by atoms with van der Waals surface area (Å²) < 4.78 is 37.0. The lowest BCUT2D eigenvalue weighted by Crippen LogP contribution is -2.53. The van der Waals surface area contributed by atoms with Crippen LogP contribution in [-0.4, -0.2) is 41.1 Å². The van der Waals surface area contributed by atoms with Crippen molar-refractivity contribution in [2.45, 2.75) is 38.8 Å². The van der Waals surface area contributed by atoms with Crippen LogP contribution >= 0.6 is 0 Å². The third-order valence-corrected chi connectivity index (χ3v) is 3.29. The van der Waals surface area contributed by atoms with Crippen LogP contribution in [0.3, 0.4) is 0 Å². The number of carboxylic acid groups (broad SMARTS) is 1. The molecule has 7 heteroatoms. The molecule has 4 nitrogen and oxygen atoms in total. The van der Waals surface area contributed by atoms with Crippen LogP contribution in [0.15, 0.2) is 0 Å². The molecule has 1 amide bonds. The molecule has 0 saturated carbocycles. The molecule has 18 heavy (non-hydrogen) atoms. The monoisotopic (exact) mass is 267 g/mol. The van der Waals surface area contributed by atoms with Gasteiger partial charge in [0.2, 0.25) is 0 Å². The fraction of sp³-hybridized carbons (Fsp3) is 0.818. The summed E-state index contributed by atoms with van der Waals surface area (Å²) in [6, 6.07) is 0. The number of alkyl halides is 3. The van der Waals surface area contributed by atoms with Crippen molar-refractivity contribution in [1.29, 1.82) is 0 Å². The van der Waals surface area contributed by atoms with Gasteiger partial charge in [-0.15, -0.1) is 0 Å². The van der Waals surface area contributed by atoms with Gasteiger partial charge in [0.25, 0.3) is 0 Å². The molecule has 0 aromatic heterocycles. The minimum atomic E-state index is -4.94. The van der Waals surface area contributed by atoms with E-state index in [0.29, 0.717) is 17.7 Å². The number of hydrogen-bond acceptors (Lipinski definition) is 2. The Hall–Kier alpha value is -1.27. The molecule has 1 fully saturated rings. The van der Waals surface area contributed by atoms with Crippen molar-refractivity contribution in [2.75, 3.05) is 13.1 Å². The van der Waals surface area contributed by atoms with Crippen LogP contribution in [0.2, 0.25) is 0 Å². The molecule has 1 saturated heterocycles. The molecule has 0 aromatic rings. The van der Waals surface area contributed by atoms with Gasteiger partial charge < -0.3 is 10.0 Å². The molecule has 0 radical (unpaired) electrons. The Morgan fingerprint density at radius 1 is 1.39 bits per heavy atom. The van der Waals surface area contributed by atoms with Crippen LogP contribution in [0.25, 0.3) is 0 Å². The molecule has 1 rings (SSSR count). The van der Waals surface area contributed by atoms with E-state index in [0.717, 1.165) is 0 Å². The topological polar surface area (TPSA) is 57.6 Å². The average molecular weight is 267 g/mol. The summed E-state index contributed by atoms with van der Waals surface area (Å²) in [6.45, 7) is 1.39. The first-order valence-corrected chi connectivity index (χ1v) is 5.82. The molecule has 0 aliphatic carbocycles. The van der Waals surface area contributed by atoms with Gasteiger partial charge in [0.15, 0.2) is 0 Å². The van der Waals surface area contributed by atoms with Crippen LogP contribution in [0, 0.1) is 5.41 Å². The van der Waals surface area contributed by atoms with E-state index in [2.05, 4.69) is 0 Å². The maximum absolute atomic E-state index is 12.3. The Morgan fingerprint density at radius 2 is 2.00 bits per heavy atom. The Balaban J connectivity index is 2.88. The van der Waals surface area contributed by atoms with Crippen LogP contribution in [-0.2, 0) is 9.59 Å². The zero-order valence-electron chi connectivity index (χ0n) is 10.1. The lowest BCUT2D eigenvalue weighted by Gasteiger charge is -2.40. The van der Waals surface area contributed by atoms with Gasteiger partial charge in [-0.2, -0.15) is 13.2 Å². The van der Waals surface area contributed by atoms with Crippen LogP contribution in [0.1, 0.15) is 32.6 Å². The molecule has 0 bridgehead atoms. The minimum absolute atomic E-state index is 0.0307. The summed E-state index contributed by atoms with van der Waals surface area (Å²) in [5.74, 6) is -3.06. The van der Waals surface area contributed by atoms with Gasteiger partial charge in [-0.3, -0.25) is 9.59 Å². The standard InChI is InChI=1S/C11H16F3NO3/c1-2-4-10(9(17)18)5-3-6-15(7-10)8(16)11(12,13)14/h2-7H2,1H3,(H,17,18). The number of carbonyl (C=O) groups is 2. The Labute approximate surface area is 103 Å². The second-order valence-electron chi connectivity index (χ2n) is 4.66. The Bertz CT molecular complexity index is 339.